The average Bonchev–Trinajstić information content (AvgIpc) is 3.24. The molecule has 1 aromatic carbocycles. The van der Waals surface area contributed by atoms with Crippen molar-refractivity contribution < 1.29 is 29.3 Å². The summed E-state index contributed by atoms with van der Waals surface area (Å²) < 4.78 is 5.02. The molecule has 2 saturated carbocycles. The molecule has 0 unspecified atom stereocenters. The van der Waals surface area contributed by atoms with Gasteiger partial charge in [0.15, 0.2) is 0 Å². The first-order valence-electron chi connectivity index (χ1n) is 7.49. The number of benzene rings is 1. The quantitative estimate of drug-likeness (QED) is 0.591. The van der Waals surface area contributed by atoms with Gasteiger partial charge in [0.05, 0.1) is 13.0 Å². The van der Waals surface area contributed by atoms with Crippen LogP contribution in [0.25, 0.3) is 0 Å². The molecule has 8 heteroatoms. The third-order valence-corrected chi connectivity index (χ3v) is 5.04. The highest BCUT2D eigenvalue weighted by atomic mass is 16.5. The van der Waals surface area contributed by atoms with E-state index in [1.54, 1.807) is 24.3 Å². The molecule has 2 fully saturated rings. The van der Waals surface area contributed by atoms with Crippen molar-refractivity contribution in [1.29, 1.82) is 0 Å². The highest BCUT2D eigenvalue weighted by molar-refractivity contribution is 5.95. The van der Waals surface area contributed by atoms with Crippen molar-refractivity contribution in [1.82, 2.24) is 5.32 Å². The van der Waals surface area contributed by atoms with Crippen LogP contribution in [0.5, 0.6) is 5.75 Å². The van der Waals surface area contributed by atoms with Crippen molar-refractivity contribution in [3.8, 4) is 5.75 Å². The molecule has 24 heavy (non-hydrogen) atoms. The van der Waals surface area contributed by atoms with E-state index in [-0.39, 0.29) is 6.42 Å². The maximum absolute atomic E-state index is 12.3. The number of amides is 1. The molecular formula is C16H18N2O6. The van der Waals surface area contributed by atoms with Gasteiger partial charge in [-0.15, -0.1) is 0 Å². The average molecular weight is 334 g/mol. The van der Waals surface area contributed by atoms with Crippen molar-refractivity contribution in [2.75, 3.05) is 7.11 Å². The zero-order valence-electron chi connectivity index (χ0n) is 12.9. The van der Waals surface area contributed by atoms with Crippen LogP contribution in [0.4, 0.5) is 0 Å². The zero-order valence-corrected chi connectivity index (χ0v) is 12.9. The van der Waals surface area contributed by atoms with Crippen LogP contribution in [0.2, 0.25) is 0 Å². The maximum Gasteiger partial charge on any atom is 0.324 e. The molecule has 0 spiro atoms. The van der Waals surface area contributed by atoms with E-state index < -0.39 is 47.2 Å². The largest absolute Gasteiger partial charge is 0.497 e. The van der Waals surface area contributed by atoms with Crippen molar-refractivity contribution in [2.24, 2.45) is 23.5 Å². The normalized spacial score (nSPS) is 33.4. The summed E-state index contributed by atoms with van der Waals surface area (Å²) in [7, 11) is 1.51. The van der Waals surface area contributed by atoms with Gasteiger partial charge in [-0.25, -0.2) is 0 Å². The second-order valence-electron chi connectivity index (χ2n) is 6.33. The minimum absolute atomic E-state index is 0.0172. The molecule has 0 radical (unpaired) electrons. The lowest BCUT2D eigenvalue weighted by atomic mass is 9.90. The minimum atomic E-state index is -1.62. The molecule has 0 bridgehead atoms. The molecule has 0 saturated heterocycles. The lowest BCUT2D eigenvalue weighted by Gasteiger charge is -2.25. The molecule has 1 aromatic rings. The van der Waals surface area contributed by atoms with E-state index in [1.807, 2.05) is 0 Å². The second kappa shape index (κ2) is 5.48. The Bertz CT molecular complexity index is 703. The number of nitrogens with two attached hydrogens (primary N) is 1. The maximum atomic E-state index is 12.3. The van der Waals surface area contributed by atoms with E-state index in [4.69, 9.17) is 10.5 Å². The number of fused-ring (bicyclic) bond motifs is 1. The first-order chi connectivity index (χ1) is 11.3. The van der Waals surface area contributed by atoms with Crippen molar-refractivity contribution >= 4 is 17.8 Å². The number of hydrogen-bond acceptors (Lipinski definition) is 5. The number of carbonyl (C=O) groups excluding carboxylic acids is 1. The van der Waals surface area contributed by atoms with Crippen LogP contribution in [-0.4, -0.2) is 46.7 Å². The number of nitrogens with one attached hydrogen (secondary N) is 1. The molecule has 2 aliphatic carbocycles. The Labute approximate surface area is 137 Å². The summed E-state index contributed by atoms with van der Waals surface area (Å²) in [5.41, 5.74) is 4.69. The van der Waals surface area contributed by atoms with Crippen LogP contribution >= 0.6 is 0 Å². The zero-order chi connectivity index (χ0) is 17.6. The highest BCUT2D eigenvalue weighted by Crippen LogP contribution is 2.61. The second-order valence-corrected chi connectivity index (χ2v) is 6.33. The highest BCUT2D eigenvalue weighted by Gasteiger charge is 2.74. The van der Waals surface area contributed by atoms with E-state index in [0.717, 1.165) is 0 Å². The minimum Gasteiger partial charge on any atom is -0.497 e. The molecular weight excluding hydrogens is 316 g/mol. The summed E-state index contributed by atoms with van der Waals surface area (Å²) in [4.78, 5) is 35.1. The Morgan fingerprint density at radius 1 is 1.25 bits per heavy atom. The predicted octanol–water partition coefficient (Wildman–Crippen LogP) is -0.0738. The van der Waals surface area contributed by atoms with Crippen molar-refractivity contribution in [3.05, 3.63) is 29.8 Å². The molecule has 128 valence electrons. The van der Waals surface area contributed by atoms with E-state index in [1.165, 1.54) is 7.11 Å². The molecule has 5 atom stereocenters. The van der Waals surface area contributed by atoms with Crippen molar-refractivity contribution in [3.63, 3.8) is 0 Å². The third kappa shape index (κ3) is 2.39. The van der Waals surface area contributed by atoms with E-state index in [9.17, 15) is 24.6 Å². The number of carbonyl (C=O) groups is 3. The third-order valence-electron chi connectivity index (χ3n) is 5.04. The van der Waals surface area contributed by atoms with Gasteiger partial charge < -0.3 is 26.0 Å². The molecule has 0 aromatic heterocycles. The fourth-order valence-corrected chi connectivity index (χ4v) is 3.82. The Morgan fingerprint density at radius 2 is 1.88 bits per heavy atom. The Balaban J connectivity index is 1.76. The van der Waals surface area contributed by atoms with Gasteiger partial charge in [0.25, 0.3) is 5.91 Å². The summed E-state index contributed by atoms with van der Waals surface area (Å²) in [5, 5.41) is 21.3. The van der Waals surface area contributed by atoms with Crippen LogP contribution in [0.15, 0.2) is 24.3 Å². The Hall–Kier alpha value is -2.61. The van der Waals surface area contributed by atoms with Gasteiger partial charge in [0.1, 0.15) is 11.3 Å². The van der Waals surface area contributed by atoms with Gasteiger partial charge in [0, 0.05) is 17.5 Å². The molecule has 0 aliphatic heterocycles. The number of carboxylic acid groups (broad SMARTS) is 2. The number of methoxy groups -OCH3 is 1. The predicted molar refractivity (Wildman–Crippen MR) is 81.5 cm³/mol. The van der Waals surface area contributed by atoms with Crippen molar-refractivity contribution in [2.45, 2.75) is 18.0 Å². The molecule has 5 N–H and O–H groups in total. The molecule has 3 rings (SSSR count). The summed E-state index contributed by atoms with van der Waals surface area (Å²) >= 11 is 0. The van der Waals surface area contributed by atoms with Crippen LogP contribution in [0.1, 0.15) is 16.8 Å². The number of ether oxygens (including phenoxy) is 1. The topological polar surface area (TPSA) is 139 Å². The Morgan fingerprint density at radius 3 is 2.38 bits per heavy atom. The van der Waals surface area contributed by atoms with Crippen LogP contribution in [0, 0.1) is 17.8 Å². The number of rotatable bonds is 5. The monoisotopic (exact) mass is 334 g/mol. The summed E-state index contributed by atoms with van der Waals surface area (Å²) in [6, 6.07) is 5.85. The van der Waals surface area contributed by atoms with Gasteiger partial charge in [-0.1, -0.05) is 0 Å². The Kier molecular flexibility index (Phi) is 3.71. The van der Waals surface area contributed by atoms with Gasteiger partial charge in [-0.3, -0.25) is 14.4 Å². The van der Waals surface area contributed by atoms with Crippen LogP contribution < -0.4 is 15.8 Å². The van der Waals surface area contributed by atoms with Crippen LogP contribution in [-0.2, 0) is 9.59 Å². The van der Waals surface area contributed by atoms with Gasteiger partial charge in [-0.2, -0.15) is 0 Å². The standard InChI is InChI=1S/C16H18N2O6/c1-24-8-4-2-7(3-5-8)13(19)18-9-6-16(17,15(22)23)12-10(9)11(12)14(20)21/h2-5,9-12H,6,17H2,1H3,(H,18,19)(H,20,21)(H,22,23)/t9-,10-,11-,12+,16-/m1/s1. The SMILES string of the molecule is COc1ccc(C(=O)N[C@@H]2C[C@](N)(C(=O)O)[C@@H]3[C@H](C(=O)O)[C@H]32)cc1. The number of carboxylic acids is 2. The first-order valence-corrected chi connectivity index (χ1v) is 7.49. The molecule has 2 aliphatic rings. The molecule has 1 amide bonds. The fourth-order valence-electron chi connectivity index (χ4n) is 3.82. The van der Waals surface area contributed by atoms with E-state index in [0.29, 0.717) is 11.3 Å². The summed E-state index contributed by atoms with van der Waals surface area (Å²) in [6.45, 7) is 0. The molecule has 0 heterocycles. The number of aliphatic carboxylic acids is 2. The lowest BCUT2D eigenvalue weighted by molar-refractivity contribution is -0.145. The lowest BCUT2D eigenvalue weighted by Crippen LogP contribution is -2.52. The van der Waals surface area contributed by atoms with E-state index in [2.05, 4.69) is 5.32 Å². The van der Waals surface area contributed by atoms with Gasteiger partial charge in [0.2, 0.25) is 0 Å². The van der Waals surface area contributed by atoms with Crippen LogP contribution in [0.3, 0.4) is 0 Å². The fraction of sp³-hybridized carbons (Fsp3) is 0.438. The smallest absolute Gasteiger partial charge is 0.324 e. The first kappa shape index (κ1) is 16.3. The molecule has 8 nitrogen and oxygen atoms in total. The van der Waals surface area contributed by atoms with Gasteiger partial charge >= 0.3 is 11.9 Å². The summed E-state index contributed by atoms with van der Waals surface area (Å²) in [5.74, 6) is -4.05. The summed E-state index contributed by atoms with van der Waals surface area (Å²) in [6.07, 6.45) is 0.0172. The van der Waals surface area contributed by atoms with E-state index >= 15 is 0 Å². The number of hydrogen-bond donors (Lipinski definition) is 4. The van der Waals surface area contributed by atoms with Gasteiger partial charge in [-0.05, 0) is 36.6 Å².